The van der Waals surface area contributed by atoms with E-state index in [1.54, 1.807) is 12.1 Å². The number of nitrogens with one attached hydrogen (secondary N) is 1. The maximum Gasteiger partial charge on any atom is 0.220 e. The molecule has 1 unspecified atom stereocenters. The van der Waals surface area contributed by atoms with E-state index in [0.717, 1.165) is 12.1 Å². The van der Waals surface area contributed by atoms with Crippen molar-refractivity contribution in [2.24, 2.45) is 5.73 Å². The minimum atomic E-state index is -2.91. The Morgan fingerprint density at radius 2 is 2.05 bits per heavy atom. The van der Waals surface area contributed by atoms with Crippen LogP contribution in [0.25, 0.3) is 0 Å². The minimum Gasteiger partial charge on any atom is -0.493 e. The van der Waals surface area contributed by atoms with Crippen LogP contribution in [0.1, 0.15) is 19.3 Å². The fourth-order valence-corrected chi connectivity index (χ4v) is 3.93. The fourth-order valence-electron chi connectivity index (χ4n) is 2.29. The summed E-state index contributed by atoms with van der Waals surface area (Å²) in [4.78, 5) is 10.6. The molecule has 0 aromatic heterocycles. The van der Waals surface area contributed by atoms with Gasteiger partial charge in [0.25, 0.3) is 0 Å². The molecule has 0 radical (unpaired) electrons. The Morgan fingerprint density at radius 3 is 2.67 bits per heavy atom. The van der Waals surface area contributed by atoms with E-state index < -0.39 is 15.7 Å². The van der Waals surface area contributed by atoms with Gasteiger partial charge in [0.15, 0.2) is 9.84 Å². The lowest BCUT2D eigenvalue weighted by Crippen LogP contribution is -2.34. The van der Waals surface area contributed by atoms with Crippen LogP contribution in [-0.2, 0) is 14.6 Å². The molecule has 3 N–H and O–H groups in total. The first-order chi connectivity index (χ1) is 9.94. The van der Waals surface area contributed by atoms with E-state index in [4.69, 9.17) is 10.5 Å². The zero-order valence-electron chi connectivity index (χ0n) is 11.7. The molecular formula is C14H20N2O4S. The van der Waals surface area contributed by atoms with Gasteiger partial charge < -0.3 is 15.8 Å². The van der Waals surface area contributed by atoms with Crippen molar-refractivity contribution in [1.29, 1.82) is 0 Å². The monoisotopic (exact) mass is 312 g/mol. The Hall–Kier alpha value is -1.76. The number of amides is 1. The Balaban J connectivity index is 1.86. The lowest BCUT2D eigenvalue weighted by molar-refractivity contribution is -0.118. The number of hydrogen-bond donors (Lipinski definition) is 2. The van der Waals surface area contributed by atoms with Gasteiger partial charge in [-0.1, -0.05) is 0 Å². The molecule has 1 atom stereocenters. The molecule has 1 fully saturated rings. The summed E-state index contributed by atoms with van der Waals surface area (Å²) in [6, 6.07) is 7.19. The number of ether oxygens (including phenoxy) is 1. The number of hydrogen-bond acceptors (Lipinski definition) is 5. The number of benzene rings is 1. The van der Waals surface area contributed by atoms with Gasteiger partial charge >= 0.3 is 0 Å². The van der Waals surface area contributed by atoms with Crippen LogP contribution in [0.2, 0.25) is 0 Å². The Kier molecular flexibility index (Phi) is 5.06. The lowest BCUT2D eigenvalue weighted by Gasteiger charge is -2.24. The molecule has 0 saturated carbocycles. The van der Waals surface area contributed by atoms with Gasteiger partial charge in [-0.3, -0.25) is 4.79 Å². The van der Waals surface area contributed by atoms with Crippen LogP contribution in [0.3, 0.4) is 0 Å². The Bertz CT molecular complexity index is 583. The molecule has 0 bridgehead atoms. The van der Waals surface area contributed by atoms with Crippen molar-refractivity contribution in [2.75, 3.05) is 23.4 Å². The second-order valence-electron chi connectivity index (χ2n) is 5.19. The molecule has 6 nitrogen and oxygen atoms in total. The molecule has 116 valence electrons. The molecule has 1 aliphatic heterocycles. The molecule has 1 heterocycles. The predicted molar refractivity (Wildman–Crippen MR) is 81.0 cm³/mol. The summed E-state index contributed by atoms with van der Waals surface area (Å²) in [5.74, 6) is 0.728. The SMILES string of the molecule is NC(=O)CCOc1ccc(NC2CCCS(=O)(=O)C2)cc1. The molecular weight excluding hydrogens is 292 g/mol. The highest BCUT2D eigenvalue weighted by molar-refractivity contribution is 7.91. The van der Waals surface area contributed by atoms with E-state index in [9.17, 15) is 13.2 Å². The van der Waals surface area contributed by atoms with Crippen molar-refractivity contribution in [2.45, 2.75) is 25.3 Å². The highest BCUT2D eigenvalue weighted by Gasteiger charge is 2.24. The summed E-state index contributed by atoms with van der Waals surface area (Å²) in [6.45, 7) is 0.253. The van der Waals surface area contributed by atoms with Crippen molar-refractivity contribution < 1.29 is 17.9 Å². The van der Waals surface area contributed by atoms with Crippen LogP contribution in [0.4, 0.5) is 5.69 Å². The molecule has 7 heteroatoms. The fraction of sp³-hybridized carbons (Fsp3) is 0.500. The summed E-state index contributed by atoms with van der Waals surface area (Å²) >= 11 is 0. The zero-order valence-corrected chi connectivity index (χ0v) is 12.6. The van der Waals surface area contributed by atoms with Gasteiger partial charge in [-0.2, -0.15) is 0 Å². The number of anilines is 1. The van der Waals surface area contributed by atoms with Crippen LogP contribution in [-0.4, -0.2) is 38.5 Å². The number of primary amides is 1. The Morgan fingerprint density at radius 1 is 1.33 bits per heavy atom. The molecule has 21 heavy (non-hydrogen) atoms. The lowest BCUT2D eigenvalue weighted by atomic mass is 10.1. The van der Waals surface area contributed by atoms with E-state index in [1.807, 2.05) is 12.1 Å². The number of rotatable bonds is 6. The summed E-state index contributed by atoms with van der Waals surface area (Å²) in [5, 5.41) is 3.23. The normalized spacial score (nSPS) is 20.7. The van der Waals surface area contributed by atoms with E-state index >= 15 is 0 Å². The molecule has 1 aromatic rings. The average molecular weight is 312 g/mol. The number of sulfone groups is 1. The van der Waals surface area contributed by atoms with Crippen LogP contribution in [0.5, 0.6) is 5.75 Å². The van der Waals surface area contributed by atoms with Crippen LogP contribution in [0, 0.1) is 0 Å². The third-order valence-electron chi connectivity index (χ3n) is 3.31. The average Bonchev–Trinajstić information content (AvgIpc) is 2.39. The van der Waals surface area contributed by atoms with Crippen molar-refractivity contribution >= 4 is 21.4 Å². The van der Waals surface area contributed by atoms with Gasteiger partial charge in [-0.15, -0.1) is 0 Å². The largest absolute Gasteiger partial charge is 0.493 e. The van der Waals surface area contributed by atoms with Crippen molar-refractivity contribution in [3.63, 3.8) is 0 Å². The first kappa shape index (κ1) is 15.6. The van der Waals surface area contributed by atoms with Crippen molar-refractivity contribution in [1.82, 2.24) is 0 Å². The summed E-state index contributed by atoms with van der Waals surface area (Å²) in [5.41, 5.74) is 5.89. The first-order valence-electron chi connectivity index (χ1n) is 6.93. The van der Waals surface area contributed by atoms with Crippen molar-refractivity contribution in [3.8, 4) is 5.75 Å². The smallest absolute Gasteiger partial charge is 0.220 e. The molecule has 1 aromatic carbocycles. The molecule has 1 amide bonds. The second-order valence-corrected chi connectivity index (χ2v) is 7.42. The second kappa shape index (κ2) is 6.80. The van der Waals surface area contributed by atoms with Gasteiger partial charge in [0, 0.05) is 11.7 Å². The maximum absolute atomic E-state index is 11.6. The van der Waals surface area contributed by atoms with Gasteiger partial charge in [-0.05, 0) is 37.1 Å². The third-order valence-corrected chi connectivity index (χ3v) is 5.13. The summed E-state index contributed by atoms with van der Waals surface area (Å²) in [7, 11) is -2.91. The maximum atomic E-state index is 11.6. The summed E-state index contributed by atoms with van der Waals surface area (Å²) in [6.07, 6.45) is 1.74. The van der Waals surface area contributed by atoms with Crippen molar-refractivity contribution in [3.05, 3.63) is 24.3 Å². The molecule has 2 rings (SSSR count). The molecule has 0 aliphatic carbocycles. The van der Waals surface area contributed by atoms with E-state index in [-0.39, 0.29) is 30.6 Å². The number of carbonyl (C=O) groups excluding carboxylic acids is 1. The predicted octanol–water partition coefficient (Wildman–Crippen LogP) is 0.930. The van der Waals surface area contributed by atoms with E-state index in [0.29, 0.717) is 12.2 Å². The van der Waals surface area contributed by atoms with E-state index in [2.05, 4.69) is 5.32 Å². The summed E-state index contributed by atoms with van der Waals surface area (Å²) < 4.78 is 28.5. The highest BCUT2D eigenvalue weighted by atomic mass is 32.2. The molecule has 1 saturated heterocycles. The minimum absolute atomic E-state index is 0.0367. The molecule has 1 aliphatic rings. The van der Waals surface area contributed by atoms with Crippen LogP contribution < -0.4 is 15.8 Å². The van der Waals surface area contributed by atoms with Crippen LogP contribution >= 0.6 is 0 Å². The van der Waals surface area contributed by atoms with E-state index in [1.165, 1.54) is 0 Å². The third kappa shape index (κ3) is 5.26. The Labute approximate surface area is 124 Å². The zero-order chi connectivity index (χ0) is 15.3. The van der Waals surface area contributed by atoms with Gasteiger partial charge in [0.1, 0.15) is 5.75 Å². The van der Waals surface area contributed by atoms with Crippen LogP contribution in [0.15, 0.2) is 24.3 Å². The number of nitrogens with two attached hydrogens (primary N) is 1. The highest BCUT2D eigenvalue weighted by Crippen LogP contribution is 2.20. The van der Waals surface area contributed by atoms with Gasteiger partial charge in [-0.25, -0.2) is 8.42 Å². The van der Waals surface area contributed by atoms with Gasteiger partial charge in [0.2, 0.25) is 5.91 Å². The molecule has 0 spiro atoms. The standard InChI is InChI=1S/C14H20N2O4S/c15-14(17)7-8-20-13-5-3-11(4-6-13)16-12-2-1-9-21(18,19)10-12/h3-6,12,16H,1-2,7-10H2,(H2,15,17). The number of carbonyl (C=O) groups is 1. The first-order valence-corrected chi connectivity index (χ1v) is 8.75. The van der Waals surface area contributed by atoms with Gasteiger partial charge in [0.05, 0.1) is 24.5 Å². The topological polar surface area (TPSA) is 98.5 Å². The quantitative estimate of drug-likeness (QED) is 0.814.